The van der Waals surface area contributed by atoms with E-state index in [4.69, 9.17) is 10.9 Å². The highest BCUT2D eigenvalue weighted by Crippen LogP contribution is 2.24. The molecule has 106 valence electrons. The van der Waals surface area contributed by atoms with Crippen molar-refractivity contribution in [1.29, 1.82) is 0 Å². The molecule has 0 aliphatic rings. The van der Waals surface area contributed by atoms with Gasteiger partial charge >= 0.3 is 0 Å². The second kappa shape index (κ2) is 5.86. The molecule has 6 heteroatoms. The predicted octanol–water partition coefficient (Wildman–Crippen LogP) is 1.67. The molecule has 1 atom stereocenters. The number of amidine groups is 1. The van der Waals surface area contributed by atoms with Crippen LogP contribution >= 0.6 is 0 Å². The molecule has 0 saturated carbocycles. The number of aryl methyl sites for hydroxylation is 1. The molecule has 0 amide bonds. The topological polar surface area (TPSA) is 87.6 Å². The summed E-state index contributed by atoms with van der Waals surface area (Å²) in [4.78, 5) is 2.01. The van der Waals surface area contributed by atoms with E-state index in [0.717, 1.165) is 11.3 Å². The maximum Gasteiger partial charge on any atom is 0.174 e. The molecule has 1 unspecified atom stereocenters. The molecule has 6 nitrogen and oxygen atoms in total. The second-order valence-corrected chi connectivity index (χ2v) is 5.19. The average Bonchev–Trinajstić information content (AvgIpc) is 2.38. The molecular weight excluding hydrogens is 242 g/mol. The van der Waals surface area contributed by atoms with E-state index in [0.29, 0.717) is 17.3 Å². The maximum absolute atomic E-state index is 8.95. The number of anilines is 1. The molecule has 1 aromatic rings. The molecule has 0 aromatic carbocycles. The van der Waals surface area contributed by atoms with Crippen molar-refractivity contribution in [3.8, 4) is 0 Å². The Labute approximate surface area is 114 Å². The smallest absolute Gasteiger partial charge is 0.174 e. The largest absolute Gasteiger partial charge is 0.409 e. The Hall–Kier alpha value is -1.85. The highest BCUT2D eigenvalue weighted by atomic mass is 16.4. The van der Waals surface area contributed by atoms with Gasteiger partial charge in [-0.25, -0.2) is 0 Å². The Kier molecular flexibility index (Phi) is 4.69. The van der Waals surface area contributed by atoms with Crippen LogP contribution in [0.25, 0.3) is 0 Å². The number of hydrogen-bond donors (Lipinski definition) is 2. The van der Waals surface area contributed by atoms with Crippen molar-refractivity contribution in [3.05, 3.63) is 16.8 Å². The lowest BCUT2D eigenvalue weighted by atomic mass is 10.0. The van der Waals surface area contributed by atoms with E-state index >= 15 is 0 Å². The first-order valence-corrected chi connectivity index (χ1v) is 6.35. The zero-order valence-electron chi connectivity index (χ0n) is 12.5. The van der Waals surface area contributed by atoms with Crippen molar-refractivity contribution in [2.45, 2.75) is 40.7 Å². The van der Waals surface area contributed by atoms with Crippen LogP contribution in [-0.2, 0) is 0 Å². The minimum atomic E-state index is 0.0632. The average molecular weight is 265 g/mol. The van der Waals surface area contributed by atoms with E-state index < -0.39 is 0 Å². The third-order valence-corrected chi connectivity index (χ3v) is 3.71. The quantitative estimate of drug-likeness (QED) is 0.374. The van der Waals surface area contributed by atoms with Gasteiger partial charge in [-0.2, -0.15) is 5.10 Å². The Morgan fingerprint density at radius 1 is 1.26 bits per heavy atom. The predicted molar refractivity (Wildman–Crippen MR) is 76.7 cm³/mol. The van der Waals surface area contributed by atoms with Crippen LogP contribution in [0.15, 0.2) is 5.16 Å². The minimum Gasteiger partial charge on any atom is -0.409 e. The van der Waals surface area contributed by atoms with Gasteiger partial charge in [0.25, 0.3) is 0 Å². The molecule has 1 rings (SSSR count). The van der Waals surface area contributed by atoms with E-state index in [1.807, 2.05) is 25.8 Å². The number of hydrogen-bond acceptors (Lipinski definition) is 5. The van der Waals surface area contributed by atoms with Gasteiger partial charge in [-0.1, -0.05) is 19.0 Å². The summed E-state index contributed by atoms with van der Waals surface area (Å²) < 4.78 is 0. The Balaban J connectivity index is 3.40. The lowest BCUT2D eigenvalue weighted by Crippen LogP contribution is -2.36. The van der Waals surface area contributed by atoms with Gasteiger partial charge in [0, 0.05) is 13.1 Å². The zero-order chi connectivity index (χ0) is 14.7. The molecule has 1 aromatic heterocycles. The van der Waals surface area contributed by atoms with Gasteiger partial charge in [0.2, 0.25) is 0 Å². The zero-order valence-corrected chi connectivity index (χ0v) is 12.5. The van der Waals surface area contributed by atoms with Crippen LogP contribution in [0.4, 0.5) is 5.82 Å². The van der Waals surface area contributed by atoms with Gasteiger partial charge in [0.1, 0.15) is 0 Å². The Morgan fingerprint density at radius 3 is 2.32 bits per heavy atom. The van der Waals surface area contributed by atoms with Crippen molar-refractivity contribution in [2.75, 3.05) is 11.9 Å². The van der Waals surface area contributed by atoms with Crippen LogP contribution in [0.5, 0.6) is 0 Å². The van der Waals surface area contributed by atoms with Crippen molar-refractivity contribution < 1.29 is 5.21 Å². The first kappa shape index (κ1) is 15.2. The highest BCUT2D eigenvalue weighted by Gasteiger charge is 2.22. The molecule has 0 fully saturated rings. The van der Waals surface area contributed by atoms with Crippen LogP contribution < -0.4 is 10.6 Å². The summed E-state index contributed by atoms with van der Waals surface area (Å²) in [5.41, 5.74) is 8.08. The summed E-state index contributed by atoms with van der Waals surface area (Å²) in [6.45, 7) is 10.1. The lowest BCUT2D eigenvalue weighted by Gasteiger charge is -2.30. The van der Waals surface area contributed by atoms with Gasteiger partial charge in [0.15, 0.2) is 11.7 Å². The van der Waals surface area contributed by atoms with Crippen LogP contribution in [0.3, 0.4) is 0 Å². The first-order valence-electron chi connectivity index (χ1n) is 6.35. The van der Waals surface area contributed by atoms with Gasteiger partial charge in [0.05, 0.1) is 11.3 Å². The molecule has 0 spiro atoms. The van der Waals surface area contributed by atoms with Crippen LogP contribution in [0.1, 0.15) is 37.6 Å². The minimum absolute atomic E-state index is 0.0632. The molecule has 0 aliphatic heterocycles. The Morgan fingerprint density at radius 2 is 1.84 bits per heavy atom. The fourth-order valence-electron chi connectivity index (χ4n) is 1.84. The number of rotatable bonds is 4. The highest BCUT2D eigenvalue weighted by molar-refractivity contribution is 6.02. The molecule has 3 N–H and O–H groups in total. The third kappa shape index (κ3) is 2.94. The summed E-state index contributed by atoms with van der Waals surface area (Å²) in [6.07, 6.45) is 0. The first-order chi connectivity index (χ1) is 8.81. The standard InChI is InChI=1S/C13H23N5O/c1-7(2)10(5)18(6)13-11(12(14)17-19)8(3)9(4)15-16-13/h7,10,19H,1-6H3,(H2,14,17). The van der Waals surface area contributed by atoms with Crippen LogP contribution in [-0.4, -0.2) is 34.3 Å². The van der Waals surface area contributed by atoms with Gasteiger partial charge in [-0.05, 0) is 32.3 Å². The molecule has 0 radical (unpaired) electrons. The van der Waals surface area contributed by atoms with Crippen molar-refractivity contribution in [2.24, 2.45) is 16.8 Å². The molecule has 0 aliphatic carbocycles. The normalized spacial score (nSPS) is 13.7. The van der Waals surface area contributed by atoms with Crippen molar-refractivity contribution in [3.63, 3.8) is 0 Å². The SMILES string of the molecule is Cc1nnc(N(C)C(C)C(C)C)c(/C(N)=N/O)c1C. The number of nitrogens with zero attached hydrogens (tertiary/aromatic N) is 4. The summed E-state index contributed by atoms with van der Waals surface area (Å²) >= 11 is 0. The molecule has 19 heavy (non-hydrogen) atoms. The van der Waals surface area contributed by atoms with Crippen LogP contribution in [0.2, 0.25) is 0 Å². The van der Waals surface area contributed by atoms with E-state index in [2.05, 4.69) is 36.1 Å². The summed E-state index contributed by atoms with van der Waals surface area (Å²) in [5, 5.41) is 20.4. The third-order valence-electron chi connectivity index (χ3n) is 3.71. The molecule has 1 heterocycles. The van der Waals surface area contributed by atoms with Gasteiger partial charge in [-0.15, -0.1) is 5.10 Å². The summed E-state index contributed by atoms with van der Waals surface area (Å²) in [6, 6.07) is 0.265. The number of nitrogens with two attached hydrogens (primary N) is 1. The summed E-state index contributed by atoms with van der Waals surface area (Å²) in [5.74, 6) is 1.15. The van der Waals surface area contributed by atoms with E-state index in [9.17, 15) is 0 Å². The summed E-state index contributed by atoms with van der Waals surface area (Å²) in [7, 11) is 1.94. The van der Waals surface area contributed by atoms with Crippen molar-refractivity contribution >= 4 is 11.7 Å². The molecular formula is C13H23N5O. The number of oxime groups is 1. The fourth-order valence-corrected chi connectivity index (χ4v) is 1.84. The van der Waals surface area contributed by atoms with E-state index in [-0.39, 0.29) is 11.9 Å². The molecule has 0 bridgehead atoms. The lowest BCUT2D eigenvalue weighted by molar-refractivity contribution is 0.318. The van der Waals surface area contributed by atoms with Gasteiger partial charge < -0.3 is 15.8 Å². The Bertz CT molecular complexity index is 484. The van der Waals surface area contributed by atoms with Crippen LogP contribution in [0, 0.1) is 19.8 Å². The molecule has 0 saturated heterocycles. The van der Waals surface area contributed by atoms with Gasteiger partial charge in [-0.3, -0.25) is 0 Å². The number of aromatic nitrogens is 2. The fraction of sp³-hybridized carbons (Fsp3) is 0.615. The second-order valence-electron chi connectivity index (χ2n) is 5.19. The van der Waals surface area contributed by atoms with E-state index in [1.165, 1.54) is 0 Å². The van der Waals surface area contributed by atoms with E-state index in [1.54, 1.807) is 0 Å². The monoisotopic (exact) mass is 265 g/mol. The van der Waals surface area contributed by atoms with Crippen molar-refractivity contribution in [1.82, 2.24) is 10.2 Å². The maximum atomic E-state index is 8.95.